The minimum absolute atomic E-state index is 0.0127. The summed E-state index contributed by atoms with van der Waals surface area (Å²) in [6, 6.07) is 7.94. The lowest BCUT2D eigenvalue weighted by atomic mass is 9.95. The lowest BCUT2D eigenvalue weighted by Crippen LogP contribution is -2.44. The summed E-state index contributed by atoms with van der Waals surface area (Å²) in [5.41, 5.74) is 0.956. The summed E-state index contributed by atoms with van der Waals surface area (Å²) in [7, 11) is 1.87. The Balaban J connectivity index is 1.44. The Bertz CT molecular complexity index is 762. The zero-order chi connectivity index (χ0) is 21.5. The Morgan fingerprint density at radius 2 is 1.77 bits per heavy atom. The molecule has 7 heteroatoms. The van der Waals surface area contributed by atoms with E-state index in [0.717, 1.165) is 35.7 Å². The Morgan fingerprint density at radius 1 is 1.07 bits per heavy atom. The van der Waals surface area contributed by atoms with E-state index in [1.165, 1.54) is 0 Å². The van der Waals surface area contributed by atoms with Crippen molar-refractivity contribution >= 4 is 35.2 Å². The second-order valence-corrected chi connectivity index (χ2v) is 9.27. The topological polar surface area (TPSA) is 60.9 Å². The average Bonchev–Trinajstić information content (AvgIpc) is 2.79. The summed E-state index contributed by atoms with van der Waals surface area (Å²) in [5.74, 6) is 1.13. The summed E-state index contributed by atoms with van der Waals surface area (Å²) in [6.45, 7) is 4.82. The highest BCUT2D eigenvalue weighted by atomic mass is 32.2. The van der Waals surface area contributed by atoms with E-state index in [1.54, 1.807) is 11.8 Å². The number of hydrogen-bond acceptors (Lipinski definition) is 4. The number of hydrogen-bond donors (Lipinski definition) is 0. The summed E-state index contributed by atoms with van der Waals surface area (Å²) >= 11 is 1.77. The Morgan fingerprint density at radius 3 is 2.50 bits per heavy atom. The van der Waals surface area contributed by atoms with E-state index in [1.807, 2.05) is 46.0 Å². The molecule has 0 N–H and O–H groups in total. The van der Waals surface area contributed by atoms with Gasteiger partial charge in [-0.25, -0.2) is 0 Å². The summed E-state index contributed by atoms with van der Waals surface area (Å²) in [4.78, 5) is 44.5. The van der Waals surface area contributed by atoms with Gasteiger partial charge in [0, 0.05) is 62.6 Å². The van der Waals surface area contributed by atoms with Crippen molar-refractivity contribution in [2.24, 2.45) is 5.92 Å². The van der Waals surface area contributed by atoms with Gasteiger partial charge in [-0.2, -0.15) is 0 Å². The van der Waals surface area contributed by atoms with Gasteiger partial charge in [-0.05, 0) is 31.4 Å². The van der Waals surface area contributed by atoms with Crippen molar-refractivity contribution in [3.05, 3.63) is 24.3 Å². The van der Waals surface area contributed by atoms with E-state index < -0.39 is 0 Å². The highest BCUT2D eigenvalue weighted by molar-refractivity contribution is 7.99. The molecular weight excluding hydrogens is 398 g/mol. The van der Waals surface area contributed by atoms with Crippen LogP contribution < -0.4 is 4.90 Å². The van der Waals surface area contributed by atoms with Crippen molar-refractivity contribution in [3.63, 3.8) is 0 Å². The molecule has 2 aliphatic heterocycles. The molecule has 0 saturated carbocycles. The Labute approximate surface area is 184 Å². The van der Waals surface area contributed by atoms with Crippen molar-refractivity contribution < 1.29 is 14.4 Å². The van der Waals surface area contributed by atoms with Crippen LogP contribution in [0.5, 0.6) is 0 Å². The van der Waals surface area contributed by atoms with Gasteiger partial charge in [-0.15, -0.1) is 11.8 Å². The molecule has 0 spiro atoms. The summed E-state index contributed by atoms with van der Waals surface area (Å²) < 4.78 is 0. The fraction of sp³-hybridized carbons (Fsp3) is 0.609. The molecule has 0 radical (unpaired) electrons. The Kier molecular flexibility index (Phi) is 8.19. The number of carbonyl (C=O) groups is 3. The van der Waals surface area contributed by atoms with Crippen LogP contribution >= 0.6 is 11.8 Å². The van der Waals surface area contributed by atoms with Crippen molar-refractivity contribution in [2.75, 3.05) is 43.9 Å². The van der Waals surface area contributed by atoms with E-state index in [-0.39, 0.29) is 36.5 Å². The largest absolute Gasteiger partial charge is 0.346 e. The molecule has 0 aliphatic carbocycles. The lowest BCUT2D eigenvalue weighted by Gasteiger charge is -2.33. The standard InChI is InChI=1S/C23H33N3O3S/c1-3-4-13-24(2)23(29)18-11-14-25(15-12-18)21(27)9-10-22(28)26-16-17-30-20-8-6-5-7-19(20)26/h5-8,18H,3-4,9-17H2,1-2H3. The minimum Gasteiger partial charge on any atom is -0.346 e. The fourth-order valence-electron chi connectivity index (χ4n) is 4.13. The zero-order valence-corrected chi connectivity index (χ0v) is 19.0. The number of para-hydroxylation sites is 1. The molecule has 1 aromatic rings. The quantitative estimate of drug-likeness (QED) is 0.664. The number of rotatable bonds is 7. The first kappa shape index (κ1) is 22.7. The molecule has 1 fully saturated rings. The molecule has 3 rings (SSSR count). The van der Waals surface area contributed by atoms with Crippen LogP contribution in [0.15, 0.2) is 29.2 Å². The highest BCUT2D eigenvalue weighted by Gasteiger charge is 2.29. The molecule has 164 valence electrons. The molecule has 3 amide bonds. The number of anilines is 1. The molecule has 0 bridgehead atoms. The van der Waals surface area contributed by atoms with Gasteiger partial charge in [0.15, 0.2) is 0 Å². The van der Waals surface area contributed by atoms with Gasteiger partial charge in [0.05, 0.1) is 5.69 Å². The van der Waals surface area contributed by atoms with Crippen LogP contribution in [-0.2, 0) is 14.4 Å². The van der Waals surface area contributed by atoms with E-state index >= 15 is 0 Å². The molecule has 2 heterocycles. The van der Waals surface area contributed by atoms with Gasteiger partial charge in [0.1, 0.15) is 0 Å². The number of fused-ring (bicyclic) bond motifs is 1. The van der Waals surface area contributed by atoms with Crippen LogP contribution in [0.3, 0.4) is 0 Å². The molecule has 6 nitrogen and oxygen atoms in total. The van der Waals surface area contributed by atoms with Crippen LogP contribution in [0.2, 0.25) is 0 Å². The number of nitrogens with zero attached hydrogens (tertiary/aromatic N) is 3. The van der Waals surface area contributed by atoms with Crippen LogP contribution in [0.1, 0.15) is 45.4 Å². The first-order valence-corrected chi connectivity index (χ1v) is 12.0. The third-order valence-corrected chi connectivity index (χ3v) is 7.05. The maximum Gasteiger partial charge on any atom is 0.227 e. The van der Waals surface area contributed by atoms with E-state index in [2.05, 4.69) is 6.92 Å². The maximum absolute atomic E-state index is 12.7. The SMILES string of the molecule is CCCCN(C)C(=O)C1CCN(C(=O)CCC(=O)N2CCSc3ccccc32)CC1. The molecule has 30 heavy (non-hydrogen) atoms. The first-order chi connectivity index (χ1) is 14.5. The fourth-order valence-corrected chi connectivity index (χ4v) is 5.12. The zero-order valence-electron chi connectivity index (χ0n) is 18.1. The number of unbranched alkanes of at least 4 members (excludes halogenated alkanes) is 1. The van der Waals surface area contributed by atoms with Gasteiger partial charge in [-0.1, -0.05) is 25.5 Å². The van der Waals surface area contributed by atoms with Gasteiger partial charge < -0.3 is 14.7 Å². The highest BCUT2D eigenvalue weighted by Crippen LogP contribution is 2.34. The lowest BCUT2D eigenvalue weighted by molar-refractivity contribution is -0.140. The van der Waals surface area contributed by atoms with E-state index in [4.69, 9.17) is 0 Å². The smallest absolute Gasteiger partial charge is 0.227 e. The van der Waals surface area contributed by atoms with E-state index in [0.29, 0.717) is 32.5 Å². The summed E-state index contributed by atoms with van der Waals surface area (Å²) in [5, 5.41) is 0. The molecule has 1 aromatic carbocycles. The number of piperidine rings is 1. The predicted octanol–water partition coefficient (Wildman–Crippen LogP) is 3.40. The number of amides is 3. The van der Waals surface area contributed by atoms with Crippen molar-refractivity contribution in [3.8, 4) is 0 Å². The predicted molar refractivity (Wildman–Crippen MR) is 121 cm³/mol. The minimum atomic E-state index is 0.0127. The monoisotopic (exact) mass is 431 g/mol. The number of likely N-dealkylation sites (tertiary alicyclic amines) is 1. The van der Waals surface area contributed by atoms with Gasteiger partial charge in [0.25, 0.3) is 0 Å². The van der Waals surface area contributed by atoms with Gasteiger partial charge in [-0.3, -0.25) is 14.4 Å². The molecule has 0 aromatic heterocycles. The molecule has 0 atom stereocenters. The van der Waals surface area contributed by atoms with Gasteiger partial charge in [0.2, 0.25) is 17.7 Å². The van der Waals surface area contributed by atoms with E-state index in [9.17, 15) is 14.4 Å². The van der Waals surface area contributed by atoms with Crippen LogP contribution in [0.4, 0.5) is 5.69 Å². The third kappa shape index (κ3) is 5.56. The van der Waals surface area contributed by atoms with Crippen LogP contribution in [0, 0.1) is 5.92 Å². The number of thioether (sulfide) groups is 1. The van der Waals surface area contributed by atoms with Crippen LogP contribution in [-0.4, -0.2) is 66.5 Å². The molecular formula is C23H33N3O3S. The molecule has 0 unspecified atom stereocenters. The molecule has 1 saturated heterocycles. The normalized spacial score (nSPS) is 16.9. The van der Waals surface area contributed by atoms with Crippen molar-refractivity contribution in [1.29, 1.82) is 0 Å². The van der Waals surface area contributed by atoms with Crippen LogP contribution in [0.25, 0.3) is 0 Å². The second kappa shape index (κ2) is 10.8. The number of carbonyl (C=O) groups excluding carboxylic acids is 3. The first-order valence-electron chi connectivity index (χ1n) is 11.1. The van der Waals surface area contributed by atoms with Crippen molar-refractivity contribution in [2.45, 2.75) is 50.3 Å². The van der Waals surface area contributed by atoms with Gasteiger partial charge >= 0.3 is 0 Å². The maximum atomic E-state index is 12.7. The molecule has 2 aliphatic rings. The number of benzene rings is 1. The third-order valence-electron chi connectivity index (χ3n) is 6.00. The Hall–Kier alpha value is -2.02. The summed E-state index contributed by atoms with van der Waals surface area (Å²) in [6.07, 6.45) is 3.99. The average molecular weight is 432 g/mol. The van der Waals surface area contributed by atoms with Crippen molar-refractivity contribution in [1.82, 2.24) is 9.80 Å². The second-order valence-electron chi connectivity index (χ2n) is 8.13.